The number of amides is 1. The fourth-order valence-electron chi connectivity index (χ4n) is 0.654. The largest absolute Gasteiger partial charge is 0.373 e. The molecule has 1 radical (unpaired) electrons. The maximum atomic E-state index is 10.1. The maximum Gasteiger partial charge on any atom is 0.249 e. The van der Waals surface area contributed by atoms with E-state index in [9.17, 15) is 4.79 Å². The Labute approximate surface area is 197 Å². The first-order valence-electron chi connectivity index (χ1n) is 9.98. The Morgan fingerprint density at radius 1 is 0.929 bits per heavy atom. The van der Waals surface area contributed by atoms with Gasteiger partial charge in [-0.15, -0.1) is 0 Å². The van der Waals surface area contributed by atoms with Gasteiger partial charge in [0, 0.05) is 36.9 Å². The van der Waals surface area contributed by atoms with Gasteiger partial charge in [-0.1, -0.05) is 98.1 Å². The number of nitrogens with one attached hydrogen (secondary N) is 1. The molecule has 1 unspecified atom stereocenters. The lowest BCUT2D eigenvalue weighted by Crippen LogP contribution is -2.21. The van der Waals surface area contributed by atoms with Gasteiger partial charge in [-0.05, 0) is 37.4 Å². The molecule has 3 nitrogen and oxygen atoms in total. The fraction of sp³-hybridized carbons (Fsp3) is 0.850. The number of rotatable bonds is 10. The van der Waals surface area contributed by atoms with Gasteiger partial charge in [-0.2, -0.15) is 5.48 Å². The maximum absolute atomic E-state index is 10.1. The van der Waals surface area contributed by atoms with Gasteiger partial charge in [-0.3, -0.25) is 4.79 Å². The quantitative estimate of drug-likeness (QED) is 0.143. The van der Waals surface area contributed by atoms with Crippen molar-refractivity contribution in [2.24, 2.45) is 5.92 Å². The molecule has 0 aromatic heterocycles. The number of carbonyl (C=O) groups is 1. The van der Waals surface area contributed by atoms with Crippen LogP contribution in [0.1, 0.15) is 81.1 Å². The second-order valence-corrected chi connectivity index (χ2v) is 11.8. The van der Waals surface area contributed by atoms with Crippen molar-refractivity contribution < 1.29 is 9.63 Å². The summed E-state index contributed by atoms with van der Waals surface area (Å²) in [5.41, 5.74) is 2.06. The first-order valence-corrected chi connectivity index (χ1v) is 15.4. The summed E-state index contributed by atoms with van der Waals surface area (Å²) in [5.74, 6) is 5.54. The zero-order valence-corrected chi connectivity index (χ0v) is 23.4. The van der Waals surface area contributed by atoms with E-state index in [1.807, 2.05) is 43.2 Å². The molecule has 0 aromatic carbocycles. The van der Waals surface area contributed by atoms with Gasteiger partial charge >= 0.3 is 0 Å². The average Bonchev–Trinajstić information content (AvgIpc) is 2.65. The second kappa shape index (κ2) is 35.2. The predicted molar refractivity (Wildman–Crippen MR) is 144 cm³/mol. The van der Waals surface area contributed by atoms with Crippen LogP contribution in [0.4, 0.5) is 0 Å². The van der Waals surface area contributed by atoms with Crippen LogP contribution in [0.5, 0.6) is 0 Å². The van der Waals surface area contributed by atoms with Crippen LogP contribution in [0.2, 0.25) is 0 Å². The summed E-state index contributed by atoms with van der Waals surface area (Å²) in [4.78, 5) is 14.5. The van der Waals surface area contributed by atoms with Crippen LogP contribution >= 0.6 is 55.4 Å². The van der Waals surface area contributed by atoms with E-state index in [0.717, 1.165) is 0 Å². The third kappa shape index (κ3) is 63.2. The van der Waals surface area contributed by atoms with E-state index in [2.05, 4.69) is 71.0 Å². The van der Waals surface area contributed by atoms with Crippen LogP contribution in [0, 0.1) is 12.8 Å². The fourth-order valence-corrected chi connectivity index (χ4v) is 4.78. The lowest BCUT2D eigenvalue weighted by atomic mass is 10.2. The topological polar surface area (TPSA) is 38.3 Å². The number of hydrogen-bond donors (Lipinski definition) is 1. The van der Waals surface area contributed by atoms with Crippen molar-refractivity contribution in [3.63, 3.8) is 0 Å². The van der Waals surface area contributed by atoms with E-state index in [4.69, 9.17) is 0 Å². The van der Waals surface area contributed by atoms with E-state index < -0.39 is 0 Å². The smallest absolute Gasteiger partial charge is 0.249 e. The molecule has 0 heterocycles. The summed E-state index contributed by atoms with van der Waals surface area (Å²) in [7, 11) is 7.91. The van der Waals surface area contributed by atoms with Gasteiger partial charge < -0.3 is 4.84 Å². The van der Waals surface area contributed by atoms with Crippen molar-refractivity contribution in [3.05, 3.63) is 6.92 Å². The third-order valence-electron chi connectivity index (χ3n) is 2.18. The van der Waals surface area contributed by atoms with Gasteiger partial charge in [-0.25, -0.2) is 0 Å². The zero-order chi connectivity index (χ0) is 22.6. The second-order valence-electron chi connectivity index (χ2n) is 5.64. The summed E-state index contributed by atoms with van der Waals surface area (Å²) in [6.07, 6.45) is 5.11. The van der Waals surface area contributed by atoms with Crippen molar-refractivity contribution in [2.45, 2.75) is 81.1 Å². The molecule has 28 heavy (non-hydrogen) atoms. The Bertz CT molecular complexity index is 282. The zero-order valence-electron chi connectivity index (χ0n) is 19.3. The van der Waals surface area contributed by atoms with Gasteiger partial charge in [0.2, 0.25) is 5.91 Å². The van der Waals surface area contributed by atoms with Crippen molar-refractivity contribution in [3.8, 4) is 0 Å². The number of hydrogen-bond acceptors (Lipinski definition) is 7. The first-order chi connectivity index (χ1) is 13.2. The molecular weight excluding hydrogens is 447 g/mol. The minimum atomic E-state index is -0.255. The first kappa shape index (κ1) is 36.2. The summed E-state index contributed by atoms with van der Waals surface area (Å²) in [5, 5.41) is 0.306. The molecule has 1 atom stereocenters. The number of carbonyl (C=O) groups excluding carboxylic acids is 1. The molecule has 0 saturated heterocycles. The van der Waals surface area contributed by atoms with Crippen LogP contribution in [0.3, 0.4) is 0 Å². The Hall–Kier alpha value is 0.760. The van der Waals surface area contributed by atoms with Crippen LogP contribution in [0.15, 0.2) is 0 Å². The molecule has 0 fully saturated rings. The van der Waals surface area contributed by atoms with Crippen LogP contribution in [-0.2, 0) is 9.63 Å². The van der Waals surface area contributed by atoms with E-state index >= 15 is 0 Å². The molecule has 0 spiro atoms. The van der Waals surface area contributed by atoms with E-state index in [0.29, 0.717) is 11.0 Å². The van der Waals surface area contributed by atoms with E-state index in [1.165, 1.54) is 55.6 Å². The minimum absolute atomic E-state index is 0.255. The molecule has 0 aliphatic rings. The normalized spacial score (nSPS) is 9.07. The summed E-state index contributed by atoms with van der Waals surface area (Å²) in [6, 6.07) is 0. The highest BCUT2D eigenvalue weighted by Crippen LogP contribution is 2.21. The summed E-state index contributed by atoms with van der Waals surface area (Å²) >= 11 is 4.48. The SMILES string of the molecule is CC(=O)NOC(C)=S.CCCSSCC.CCCSSCCC.[CH2]C(C)CC. The lowest BCUT2D eigenvalue weighted by molar-refractivity contribution is -0.125. The van der Waals surface area contributed by atoms with E-state index in [-0.39, 0.29) is 5.91 Å². The van der Waals surface area contributed by atoms with Crippen LogP contribution in [-0.4, -0.2) is 34.0 Å². The molecule has 0 aliphatic carbocycles. The predicted octanol–water partition coefficient (Wildman–Crippen LogP) is 8.25. The molecule has 0 saturated carbocycles. The van der Waals surface area contributed by atoms with E-state index in [1.54, 1.807) is 6.92 Å². The van der Waals surface area contributed by atoms with Crippen LogP contribution < -0.4 is 5.48 Å². The lowest BCUT2D eigenvalue weighted by Gasteiger charge is -1.98. The highest BCUT2D eigenvalue weighted by atomic mass is 33.1. The van der Waals surface area contributed by atoms with Crippen molar-refractivity contribution in [1.82, 2.24) is 5.48 Å². The highest BCUT2D eigenvalue weighted by Gasteiger charge is 1.88. The molecule has 1 amide bonds. The Kier molecular flexibility index (Phi) is 45.5. The van der Waals surface area contributed by atoms with Crippen molar-refractivity contribution in [2.75, 3.05) is 23.0 Å². The van der Waals surface area contributed by atoms with Crippen molar-refractivity contribution >= 4 is 66.4 Å². The molecule has 171 valence electrons. The average molecular weight is 491 g/mol. The Morgan fingerprint density at radius 2 is 1.29 bits per heavy atom. The summed E-state index contributed by atoms with van der Waals surface area (Å²) < 4.78 is 0. The number of hydroxylamine groups is 1. The van der Waals surface area contributed by atoms with Gasteiger partial charge in [0.15, 0.2) is 5.05 Å². The third-order valence-corrected chi connectivity index (χ3v) is 7.77. The monoisotopic (exact) mass is 490 g/mol. The molecule has 8 heteroatoms. The standard InChI is InChI=1S/C6H14S2.C5H12S2.C5H11.C4H7NO2S/c1-3-5-7-8-6-4-2;1-3-5-7-6-4-2;1-4-5(2)3;1-3(6)5-7-4(2)8/h3-6H2,1-2H3;3-5H2,1-2H3;5H,2,4H2,1,3H3;1-2H3,(H,5,6). The molecule has 0 aliphatic heterocycles. The van der Waals surface area contributed by atoms with Gasteiger partial charge in [0.05, 0.1) is 0 Å². The minimum Gasteiger partial charge on any atom is -0.373 e. The molecule has 0 bridgehead atoms. The number of thiocarbonyl (C=S) groups is 1. The van der Waals surface area contributed by atoms with Gasteiger partial charge in [0.1, 0.15) is 0 Å². The molecule has 0 rings (SSSR count). The van der Waals surface area contributed by atoms with Crippen molar-refractivity contribution in [1.29, 1.82) is 0 Å². The highest BCUT2D eigenvalue weighted by molar-refractivity contribution is 8.77. The molecule has 0 aromatic rings. The Morgan fingerprint density at radius 3 is 1.46 bits per heavy atom. The molecule has 1 N–H and O–H groups in total. The van der Waals surface area contributed by atoms with Crippen LogP contribution in [0.25, 0.3) is 0 Å². The molecular formula is C20H44NO2S5. The Balaban J connectivity index is -0.000000139. The van der Waals surface area contributed by atoms with Gasteiger partial charge in [0.25, 0.3) is 0 Å². The summed E-state index contributed by atoms with van der Waals surface area (Å²) in [6.45, 7) is 19.8.